The van der Waals surface area contributed by atoms with Gasteiger partial charge < -0.3 is 10.1 Å². The molecule has 1 aromatic rings. The van der Waals surface area contributed by atoms with Crippen LogP contribution in [0.4, 0.5) is 0 Å². The number of halogens is 1. The Bertz CT molecular complexity index is 433. The summed E-state index contributed by atoms with van der Waals surface area (Å²) in [5, 5.41) is 2.84. The first-order valence-electron chi connectivity index (χ1n) is 6.23. The number of ether oxygens (including phenoxy) is 1. The van der Waals surface area contributed by atoms with Crippen LogP contribution in [0.15, 0.2) is 16.7 Å². The highest BCUT2D eigenvalue weighted by Gasteiger charge is 2.26. The van der Waals surface area contributed by atoms with E-state index in [4.69, 9.17) is 4.74 Å². The summed E-state index contributed by atoms with van der Waals surface area (Å²) in [5.41, 5.74) is 1.68. The number of aromatic nitrogens is 1. The monoisotopic (exact) mass is 312 g/mol. The fourth-order valence-corrected chi connectivity index (χ4v) is 2.10. The van der Waals surface area contributed by atoms with Gasteiger partial charge in [0.15, 0.2) is 0 Å². The van der Waals surface area contributed by atoms with Crippen LogP contribution in [0.5, 0.6) is 0 Å². The molecule has 1 amide bonds. The molecule has 0 radical (unpaired) electrons. The van der Waals surface area contributed by atoms with Gasteiger partial charge in [-0.25, -0.2) is 0 Å². The summed E-state index contributed by atoms with van der Waals surface area (Å²) in [6.45, 7) is 3.67. The van der Waals surface area contributed by atoms with Crippen LogP contribution in [-0.4, -0.2) is 30.6 Å². The summed E-state index contributed by atoms with van der Waals surface area (Å²) in [6.07, 6.45) is 4.07. The van der Waals surface area contributed by atoms with Crippen LogP contribution in [0.1, 0.15) is 41.7 Å². The number of carbonyl (C=O) groups is 1. The maximum atomic E-state index is 12.0. The molecule has 1 saturated carbocycles. The summed E-state index contributed by atoms with van der Waals surface area (Å²) in [6, 6.07) is 1.89. The van der Waals surface area contributed by atoms with Gasteiger partial charge in [-0.1, -0.05) is 0 Å². The molecule has 1 heterocycles. The van der Waals surface area contributed by atoms with E-state index in [0.29, 0.717) is 31.2 Å². The molecule has 1 N–H and O–H groups in total. The van der Waals surface area contributed by atoms with Gasteiger partial charge in [0, 0.05) is 35.4 Å². The maximum Gasteiger partial charge on any atom is 0.252 e. The van der Waals surface area contributed by atoms with E-state index in [1.807, 2.05) is 13.0 Å². The van der Waals surface area contributed by atoms with Crippen molar-refractivity contribution in [2.24, 2.45) is 0 Å². The van der Waals surface area contributed by atoms with Crippen LogP contribution in [0.2, 0.25) is 0 Å². The zero-order chi connectivity index (χ0) is 13.0. The highest BCUT2D eigenvalue weighted by Crippen LogP contribution is 2.39. The Balaban J connectivity index is 1.97. The number of amides is 1. The van der Waals surface area contributed by atoms with E-state index in [0.717, 1.165) is 10.2 Å². The van der Waals surface area contributed by atoms with Crippen LogP contribution < -0.4 is 5.32 Å². The summed E-state index contributed by atoms with van der Waals surface area (Å²) >= 11 is 3.37. The molecule has 0 bridgehead atoms. The minimum Gasteiger partial charge on any atom is -0.380 e. The number of rotatable bonds is 6. The molecule has 0 aromatic carbocycles. The largest absolute Gasteiger partial charge is 0.380 e. The van der Waals surface area contributed by atoms with Crippen molar-refractivity contribution < 1.29 is 9.53 Å². The summed E-state index contributed by atoms with van der Waals surface area (Å²) in [7, 11) is 0. The summed E-state index contributed by atoms with van der Waals surface area (Å²) < 4.78 is 5.92. The molecule has 0 atom stereocenters. The number of carbonyl (C=O) groups excluding carboxylic acids is 1. The first-order valence-corrected chi connectivity index (χ1v) is 7.03. The van der Waals surface area contributed by atoms with E-state index in [9.17, 15) is 4.79 Å². The van der Waals surface area contributed by atoms with E-state index in [2.05, 4.69) is 26.2 Å². The van der Waals surface area contributed by atoms with Crippen molar-refractivity contribution in [3.8, 4) is 0 Å². The van der Waals surface area contributed by atoms with Crippen LogP contribution in [0.3, 0.4) is 0 Å². The van der Waals surface area contributed by atoms with Crippen LogP contribution in [-0.2, 0) is 4.74 Å². The van der Waals surface area contributed by atoms with Gasteiger partial charge in [0.2, 0.25) is 0 Å². The number of hydrogen-bond acceptors (Lipinski definition) is 3. The number of pyridine rings is 1. The Labute approximate surface area is 115 Å². The van der Waals surface area contributed by atoms with Crippen molar-refractivity contribution in [3.05, 3.63) is 28.0 Å². The van der Waals surface area contributed by atoms with Gasteiger partial charge in [0.05, 0.1) is 12.2 Å². The minimum atomic E-state index is -0.0779. The third-order valence-corrected chi connectivity index (χ3v) is 3.48. The second kappa shape index (κ2) is 6.29. The van der Waals surface area contributed by atoms with Crippen molar-refractivity contribution >= 4 is 21.8 Å². The number of hydrogen-bond donors (Lipinski definition) is 1. The topological polar surface area (TPSA) is 51.2 Å². The molecule has 18 heavy (non-hydrogen) atoms. The molecule has 0 aliphatic heterocycles. The molecule has 2 rings (SSSR count). The van der Waals surface area contributed by atoms with E-state index in [1.165, 1.54) is 12.8 Å². The van der Waals surface area contributed by atoms with Crippen molar-refractivity contribution in [3.63, 3.8) is 0 Å². The molecule has 98 valence electrons. The number of nitrogens with zero attached hydrogens (tertiary/aromatic N) is 1. The average molecular weight is 313 g/mol. The predicted molar refractivity (Wildman–Crippen MR) is 72.7 cm³/mol. The smallest absolute Gasteiger partial charge is 0.252 e. The van der Waals surface area contributed by atoms with Gasteiger partial charge in [-0.3, -0.25) is 9.78 Å². The minimum absolute atomic E-state index is 0.0779. The Morgan fingerprint density at radius 1 is 1.61 bits per heavy atom. The standard InChI is InChI=1S/C13H17BrN2O2/c1-2-18-6-5-15-13(17)10-7-12(9-3-4-9)16-8-11(10)14/h7-9H,2-6H2,1H3,(H,15,17). The molecule has 1 fully saturated rings. The normalized spacial score (nSPS) is 14.6. The lowest BCUT2D eigenvalue weighted by molar-refractivity contribution is 0.0921. The predicted octanol–water partition coefficient (Wildman–Crippen LogP) is 2.49. The average Bonchev–Trinajstić information content (AvgIpc) is 3.19. The molecule has 0 saturated heterocycles. The Hall–Kier alpha value is -0.940. The van der Waals surface area contributed by atoms with E-state index < -0.39 is 0 Å². The quantitative estimate of drug-likeness (QED) is 0.821. The zero-order valence-electron chi connectivity index (χ0n) is 10.4. The van der Waals surface area contributed by atoms with Crippen LogP contribution in [0.25, 0.3) is 0 Å². The van der Waals surface area contributed by atoms with E-state index >= 15 is 0 Å². The Kier molecular flexibility index (Phi) is 4.72. The van der Waals surface area contributed by atoms with Crippen LogP contribution in [0, 0.1) is 0 Å². The van der Waals surface area contributed by atoms with Crippen molar-refractivity contribution in [2.45, 2.75) is 25.7 Å². The van der Waals surface area contributed by atoms with Gasteiger partial charge in [0.1, 0.15) is 0 Å². The lowest BCUT2D eigenvalue weighted by Crippen LogP contribution is -2.27. The van der Waals surface area contributed by atoms with Gasteiger partial charge in [-0.2, -0.15) is 0 Å². The van der Waals surface area contributed by atoms with Crippen molar-refractivity contribution in [1.29, 1.82) is 0 Å². The van der Waals surface area contributed by atoms with Crippen LogP contribution >= 0.6 is 15.9 Å². The molecule has 0 spiro atoms. The van der Waals surface area contributed by atoms with Crippen molar-refractivity contribution in [1.82, 2.24) is 10.3 Å². The SMILES string of the molecule is CCOCCNC(=O)c1cc(C2CC2)ncc1Br. The van der Waals surface area contributed by atoms with Gasteiger partial charge >= 0.3 is 0 Å². The zero-order valence-corrected chi connectivity index (χ0v) is 12.0. The fraction of sp³-hybridized carbons (Fsp3) is 0.538. The number of nitrogens with one attached hydrogen (secondary N) is 1. The Morgan fingerprint density at radius 3 is 3.06 bits per heavy atom. The second-order valence-corrected chi connectivity index (χ2v) is 5.17. The highest BCUT2D eigenvalue weighted by atomic mass is 79.9. The first kappa shape index (κ1) is 13.5. The van der Waals surface area contributed by atoms with Gasteiger partial charge in [0.25, 0.3) is 5.91 Å². The lowest BCUT2D eigenvalue weighted by atomic mass is 10.1. The third-order valence-electron chi connectivity index (χ3n) is 2.85. The van der Waals surface area contributed by atoms with E-state index in [1.54, 1.807) is 6.20 Å². The fourth-order valence-electron chi connectivity index (χ4n) is 1.71. The third kappa shape index (κ3) is 3.53. The second-order valence-electron chi connectivity index (χ2n) is 4.32. The first-order chi connectivity index (χ1) is 8.72. The highest BCUT2D eigenvalue weighted by molar-refractivity contribution is 9.10. The van der Waals surface area contributed by atoms with Crippen molar-refractivity contribution in [2.75, 3.05) is 19.8 Å². The Morgan fingerprint density at radius 2 is 2.39 bits per heavy atom. The summed E-state index contributed by atoms with van der Waals surface area (Å²) in [4.78, 5) is 16.3. The molecule has 1 aliphatic rings. The molecule has 1 aromatic heterocycles. The molecular weight excluding hydrogens is 296 g/mol. The molecule has 1 aliphatic carbocycles. The van der Waals surface area contributed by atoms with Gasteiger partial charge in [-0.05, 0) is 41.8 Å². The molecular formula is C13H17BrN2O2. The molecule has 5 heteroatoms. The maximum absolute atomic E-state index is 12.0. The van der Waals surface area contributed by atoms with E-state index in [-0.39, 0.29) is 5.91 Å². The summed E-state index contributed by atoms with van der Waals surface area (Å²) in [5.74, 6) is 0.471. The lowest BCUT2D eigenvalue weighted by Gasteiger charge is -2.08. The van der Waals surface area contributed by atoms with Gasteiger partial charge in [-0.15, -0.1) is 0 Å². The molecule has 0 unspecified atom stereocenters. The molecule has 4 nitrogen and oxygen atoms in total.